The van der Waals surface area contributed by atoms with Gasteiger partial charge in [-0.05, 0) is 5.56 Å². The van der Waals surface area contributed by atoms with Crippen molar-refractivity contribution >= 4 is 0 Å². The van der Waals surface area contributed by atoms with E-state index >= 15 is 0 Å². The fourth-order valence-electron chi connectivity index (χ4n) is 3.00. The average Bonchev–Trinajstić information content (AvgIpc) is 3.05. The van der Waals surface area contributed by atoms with E-state index in [0.29, 0.717) is 6.54 Å². The highest BCUT2D eigenvalue weighted by molar-refractivity contribution is 5.14. The normalized spacial score (nSPS) is 18.7. The van der Waals surface area contributed by atoms with E-state index in [-0.39, 0.29) is 6.04 Å². The third kappa shape index (κ3) is 3.50. The SMILES string of the molecule is NCC(c1cnc[nH]1)N1CCN(Cc2ccccc2)CC1. The van der Waals surface area contributed by atoms with Crippen LogP contribution in [0.25, 0.3) is 0 Å². The summed E-state index contributed by atoms with van der Waals surface area (Å²) in [4.78, 5) is 12.3. The Balaban J connectivity index is 1.55. The molecule has 1 aromatic heterocycles. The summed E-state index contributed by atoms with van der Waals surface area (Å²) in [5, 5.41) is 0. The number of piperazine rings is 1. The molecule has 0 bridgehead atoms. The van der Waals surface area contributed by atoms with Gasteiger partial charge in [-0.15, -0.1) is 0 Å². The zero-order valence-electron chi connectivity index (χ0n) is 12.3. The number of rotatable bonds is 5. The lowest BCUT2D eigenvalue weighted by atomic mass is 10.1. The lowest BCUT2D eigenvalue weighted by Gasteiger charge is -2.38. The minimum atomic E-state index is 0.256. The number of hydrogen-bond donors (Lipinski definition) is 2. The molecule has 1 unspecified atom stereocenters. The van der Waals surface area contributed by atoms with Gasteiger partial charge in [0.2, 0.25) is 0 Å². The molecule has 0 saturated carbocycles. The number of imidazole rings is 1. The van der Waals surface area contributed by atoms with Crippen LogP contribution in [-0.2, 0) is 6.54 Å². The van der Waals surface area contributed by atoms with Crippen LogP contribution in [0.5, 0.6) is 0 Å². The number of aromatic nitrogens is 2. The van der Waals surface area contributed by atoms with Crippen molar-refractivity contribution in [2.45, 2.75) is 12.6 Å². The van der Waals surface area contributed by atoms with E-state index in [9.17, 15) is 0 Å². The molecule has 1 aliphatic rings. The maximum absolute atomic E-state index is 5.95. The van der Waals surface area contributed by atoms with E-state index < -0.39 is 0 Å². The molecule has 0 amide bonds. The minimum Gasteiger partial charge on any atom is -0.347 e. The van der Waals surface area contributed by atoms with Crippen LogP contribution in [0, 0.1) is 0 Å². The Morgan fingerprint density at radius 1 is 1.14 bits per heavy atom. The van der Waals surface area contributed by atoms with Gasteiger partial charge in [-0.25, -0.2) is 4.98 Å². The molecule has 1 saturated heterocycles. The number of nitrogens with one attached hydrogen (secondary N) is 1. The van der Waals surface area contributed by atoms with Crippen molar-refractivity contribution in [2.75, 3.05) is 32.7 Å². The third-order valence-corrected chi connectivity index (χ3v) is 4.20. The molecule has 112 valence electrons. The zero-order valence-corrected chi connectivity index (χ0v) is 12.3. The summed E-state index contributed by atoms with van der Waals surface area (Å²) in [6.07, 6.45) is 3.61. The summed E-state index contributed by atoms with van der Waals surface area (Å²) in [5.74, 6) is 0. The number of H-pyrrole nitrogens is 1. The summed E-state index contributed by atoms with van der Waals surface area (Å²) < 4.78 is 0. The number of nitrogens with zero attached hydrogens (tertiary/aromatic N) is 3. The first-order chi connectivity index (χ1) is 10.4. The molecule has 1 fully saturated rings. The Hall–Kier alpha value is -1.69. The Labute approximate surface area is 125 Å². The van der Waals surface area contributed by atoms with Crippen molar-refractivity contribution in [3.63, 3.8) is 0 Å². The summed E-state index contributed by atoms with van der Waals surface area (Å²) in [7, 11) is 0. The third-order valence-electron chi connectivity index (χ3n) is 4.20. The lowest BCUT2D eigenvalue weighted by Crippen LogP contribution is -2.48. The Kier molecular flexibility index (Phi) is 4.65. The molecule has 5 nitrogen and oxygen atoms in total. The number of benzene rings is 1. The van der Waals surface area contributed by atoms with Crippen molar-refractivity contribution < 1.29 is 0 Å². The monoisotopic (exact) mass is 285 g/mol. The molecule has 2 heterocycles. The van der Waals surface area contributed by atoms with E-state index in [4.69, 9.17) is 5.73 Å². The van der Waals surface area contributed by atoms with Gasteiger partial charge >= 0.3 is 0 Å². The average molecular weight is 285 g/mol. The predicted octanol–water partition coefficient (Wildman–Crippen LogP) is 1.23. The van der Waals surface area contributed by atoms with Crippen LogP contribution in [0.15, 0.2) is 42.9 Å². The second-order valence-corrected chi connectivity index (χ2v) is 5.56. The van der Waals surface area contributed by atoms with Crippen molar-refractivity contribution in [2.24, 2.45) is 5.73 Å². The maximum Gasteiger partial charge on any atom is 0.0922 e. The first kappa shape index (κ1) is 14.3. The molecule has 0 aliphatic carbocycles. The van der Waals surface area contributed by atoms with Gasteiger partial charge in [0.25, 0.3) is 0 Å². The molecule has 0 spiro atoms. The molecule has 1 aromatic carbocycles. The van der Waals surface area contributed by atoms with Gasteiger partial charge in [0, 0.05) is 45.5 Å². The van der Waals surface area contributed by atoms with Crippen molar-refractivity contribution in [1.29, 1.82) is 0 Å². The van der Waals surface area contributed by atoms with Crippen LogP contribution in [-0.4, -0.2) is 52.5 Å². The van der Waals surface area contributed by atoms with Crippen molar-refractivity contribution in [3.05, 3.63) is 54.1 Å². The van der Waals surface area contributed by atoms with E-state index in [2.05, 4.69) is 50.1 Å². The highest BCUT2D eigenvalue weighted by Crippen LogP contribution is 2.19. The molecule has 1 aliphatic heterocycles. The number of hydrogen-bond acceptors (Lipinski definition) is 4. The van der Waals surface area contributed by atoms with E-state index in [0.717, 1.165) is 38.4 Å². The van der Waals surface area contributed by atoms with Crippen LogP contribution in [0.4, 0.5) is 0 Å². The second kappa shape index (κ2) is 6.85. The molecule has 21 heavy (non-hydrogen) atoms. The van der Waals surface area contributed by atoms with Crippen LogP contribution < -0.4 is 5.73 Å². The van der Waals surface area contributed by atoms with Crippen molar-refractivity contribution in [3.8, 4) is 0 Å². The first-order valence-corrected chi connectivity index (χ1v) is 7.55. The highest BCUT2D eigenvalue weighted by atomic mass is 15.3. The fraction of sp³-hybridized carbons (Fsp3) is 0.438. The first-order valence-electron chi connectivity index (χ1n) is 7.55. The quantitative estimate of drug-likeness (QED) is 0.867. The molecule has 2 aromatic rings. The molecule has 5 heteroatoms. The van der Waals surface area contributed by atoms with Gasteiger partial charge in [0.15, 0.2) is 0 Å². The molecule has 0 radical (unpaired) electrons. The van der Waals surface area contributed by atoms with Crippen LogP contribution in [0.1, 0.15) is 17.3 Å². The Morgan fingerprint density at radius 3 is 2.52 bits per heavy atom. The van der Waals surface area contributed by atoms with Gasteiger partial charge in [-0.2, -0.15) is 0 Å². The minimum absolute atomic E-state index is 0.256. The largest absolute Gasteiger partial charge is 0.347 e. The van der Waals surface area contributed by atoms with E-state index in [1.54, 1.807) is 6.33 Å². The molecule has 3 N–H and O–H groups in total. The van der Waals surface area contributed by atoms with Crippen molar-refractivity contribution in [1.82, 2.24) is 19.8 Å². The molecule has 1 atom stereocenters. The summed E-state index contributed by atoms with van der Waals surface area (Å²) >= 11 is 0. The smallest absolute Gasteiger partial charge is 0.0922 e. The maximum atomic E-state index is 5.95. The van der Waals surface area contributed by atoms with Gasteiger partial charge in [0.05, 0.1) is 18.1 Å². The van der Waals surface area contributed by atoms with E-state index in [1.807, 2.05) is 6.20 Å². The zero-order chi connectivity index (χ0) is 14.5. The summed E-state index contributed by atoms with van der Waals surface area (Å²) in [6.45, 7) is 5.92. The molecular weight excluding hydrogens is 262 g/mol. The van der Waals surface area contributed by atoms with Gasteiger partial charge in [-0.3, -0.25) is 9.80 Å². The van der Waals surface area contributed by atoms with Crippen LogP contribution >= 0.6 is 0 Å². The van der Waals surface area contributed by atoms with E-state index in [1.165, 1.54) is 5.56 Å². The lowest BCUT2D eigenvalue weighted by molar-refractivity contribution is 0.0928. The van der Waals surface area contributed by atoms with Crippen LogP contribution in [0.2, 0.25) is 0 Å². The number of nitrogens with two attached hydrogens (primary N) is 1. The van der Waals surface area contributed by atoms with Gasteiger partial charge in [0.1, 0.15) is 0 Å². The predicted molar refractivity (Wildman–Crippen MR) is 83.7 cm³/mol. The number of aromatic amines is 1. The Bertz CT molecular complexity index is 517. The van der Waals surface area contributed by atoms with Crippen LogP contribution in [0.3, 0.4) is 0 Å². The standard InChI is InChI=1S/C16H23N5/c17-10-16(15-11-18-13-19-15)21-8-6-20(7-9-21)12-14-4-2-1-3-5-14/h1-5,11,13,16H,6-10,12,17H2,(H,18,19). The molecular formula is C16H23N5. The fourth-order valence-corrected chi connectivity index (χ4v) is 3.00. The molecule has 3 rings (SSSR count). The second-order valence-electron chi connectivity index (χ2n) is 5.56. The Morgan fingerprint density at radius 2 is 1.90 bits per heavy atom. The highest BCUT2D eigenvalue weighted by Gasteiger charge is 2.24. The summed E-state index contributed by atoms with van der Waals surface area (Å²) in [5.41, 5.74) is 8.45. The van der Waals surface area contributed by atoms with Gasteiger partial charge < -0.3 is 10.7 Å². The van der Waals surface area contributed by atoms with Gasteiger partial charge in [-0.1, -0.05) is 30.3 Å². The topological polar surface area (TPSA) is 61.2 Å². The summed E-state index contributed by atoms with van der Waals surface area (Å²) in [6, 6.07) is 10.9.